The van der Waals surface area contributed by atoms with E-state index in [1.807, 2.05) is 0 Å². The SMILES string of the molecule is Cc1cc(C(N)c2cscc2Br)cs1. The number of aryl methyl sites for hydroxylation is 1. The molecule has 1 atom stereocenters. The van der Waals surface area contributed by atoms with E-state index >= 15 is 0 Å². The molecule has 14 heavy (non-hydrogen) atoms. The van der Waals surface area contributed by atoms with Crippen molar-refractivity contribution in [1.82, 2.24) is 0 Å². The van der Waals surface area contributed by atoms with Gasteiger partial charge in [-0.25, -0.2) is 0 Å². The van der Waals surface area contributed by atoms with Crippen molar-refractivity contribution in [3.8, 4) is 0 Å². The highest BCUT2D eigenvalue weighted by molar-refractivity contribution is 9.10. The Morgan fingerprint density at radius 1 is 1.36 bits per heavy atom. The summed E-state index contributed by atoms with van der Waals surface area (Å²) in [6.45, 7) is 2.10. The Balaban J connectivity index is 2.33. The quantitative estimate of drug-likeness (QED) is 0.890. The van der Waals surface area contributed by atoms with Crippen LogP contribution in [0.4, 0.5) is 0 Å². The van der Waals surface area contributed by atoms with Crippen LogP contribution in [0.1, 0.15) is 22.0 Å². The molecule has 2 rings (SSSR count). The van der Waals surface area contributed by atoms with Gasteiger partial charge in [-0.15, -0.1) is 11.3 Å². The number of hydrogen-bond donors (Lipinski definition) is 1. The molecular weight excluding hydrogens is 278 g/mol. The molecule has 0 amide bonds. The van der Waals surface area contributed by atoms with Crippen LogP contribution in [-0.4, -0.2) is 0 Å². The van der Waals surface area contributed by atoms with E-state index in [9.17, 15) is 0 Å². The second-order valence-electron chi connectivity index (χ2n) is 3.14. The van der Waals surface area contributed by atoms with Crippen molar-refractivity contribution in [2.24, 2.45) is 5.73 Å². The molecule has 0 aliphatic heterocycles. The number of hydrogen-bond acceptors (Lipinski definition) is 3. The van der Waals surface area contributed by atoms with Crippen LogP contribution >= 0.6 is 38.6 Å². The van der Waals surface area contributed by atoms with Gasteiger partial charge in [0.05, 0.1) is 6.04 Å². The maximum absolute atomic E-state index is 6.16. The van der Waals surface area contributed by atoms with Gasteiger partial charge in [-0.3, -0.25) is 0 Å². The molecule has 0 saturated heterocycles. The monoisotopic (exact) mass is 287 g/mol. The lowest BCUT2D eigenvalue weighted by Gasteiger charge is -2.08. The van der Waals surface area contributed by atoms with Crippen LogP contribution in [0.25, 0.3) is 0 Å². The summed E-state index contributed by atoms with van der Waals surface area (Å²) in [6, 6.07) is 2.15. The van der Waals surface area contributed by atoms with Crippen LogP contribution in [0, 0.1) is 6.92 Å². The van der Waals surface area contributed by atoms with E-state index in [-0.39, 0.29) is 6.04 Å². The molecule has 0 spiro atoms. The molecule has 2 aromatic heterocycles. The first kappa shape index (κ1) is 10.4. The van der Waals surface area contributed by atoms with Gasteiger partial charge in [0.1, 0.15) is 0 Å². The van der Waals surface area contributed by atoms with E-state index in [0.29, 0.717) is 0 Å². The predicted molar refractivity (Wildman–Crippen MR) is 67.1 cm³/mol. The Hall–Kier alpha value is -0.160. The Labute approximate surface area is 99.7 Å². The first-order valence-corrected chi connectivity index (χ1v) is 6.82. The van der Waals surface area contributed by atoms with Crippen LogP contribution in [0.3, 0.4) is 0 Å². The second-order valence-corrected chi connectivity index (χ2v) is 5.86. The summed E-state index contributed by atoms with van der Waals surface area (Å²) in [5.41, 5.74) is 8.53. The molecule has 0 aliphatic rings. The number of halogens is 1. The smallest absolute Gasteiger partial charge is 0.0579 e. The molecule has 2 heterocycles. The summed E-state index contributed by atoms with van der Waals surface area (Å²) in [6.07, 6.45) is 0. The van der Waals surface area contributed by atoms with Gasteiger partial charge in [0, 0.05) is 14.7 Å². The van der Waals surface area contributed by atoms with Crippen molar-refractivity contribution in [1.29, 1.82) is 0 Å². The molecule has 0 saturated carbocycles. The largest absolute Gasteiger partial charge is 0.320 e. The lowest BCUT2D eigenvalue weighted by Crippen LogP contribution is -2.10. The summed E-state index contributed by atoms with van der Waals surface area (Å²) in [5, 5.41) is 6.29. The van der Waals surface area contributed by atoms with Gasteiger partial charge in [-0.2, -0.15) is 11.3 Å². The fourth-order valence-corrected chi connectivity index (χ4v) is 3.64. The maximum atomic E-state index is 6.16. The molecule has 74 valence electrons. The minimum Gasteiger partial charge on any atom is -0.320 e. The fraction of sp³-hybridized carbons (Fsp3) is 0.200. The van der Waals surface area contributed by atoms with Crippen LogP contribution in [0.5, 0.6) is 0 Å². The lowest BCUT2D eigenvalue weighted by atomic mass is 10.1. The van der Waals surface area contributed by atoms with Crippen molar-refractivity contribution in [3.05, 3.63) is 42.7 Å². The molecule has 2 aromatic rings. The summed E-state index contributed by atoms with van der Waals surface area (Å²) in [7, 11) is 0. The Bertz CT molecular complexity index is 433. The van der Waals surface area contributed by atoms with Crippen LogP contribution < -0.4 is 5.73 Å². The average molecular weight is 288 g/mol. The van der Waals surface area contributed by atoms with E-state index < -0.39 is 0 Å². The van der Waals surface area contributed by atoms with E-state index in [1.165, 1.54) is 16.0 Å². The molecule has 0 aliphatic carbocycles. The zero-order valence-electron chi connectivity index (χ0n) is 7.66. The highest BCUT2D eigenvalue weighted by atomic mass is 79.9. The topological polar surface area (TPSA) is 26.0 Å². The molecular formula is C10H10BrNS2. The number of nitrogens with two attached hydrogens (primary N) is 1. The molecule has 0 fully saturated rings. The molecule has 2 N–H and O–H groups in total. The lowest BCUT2D eigenvalue weighted by molar-refractivity contribution is 0.876. The first-order chi connectivity index (χ1) is 6.68. The third kappa shape index (κ3) is 1.93. The molecule has 0 radical (unpaired) electrons. The average Bonchev–Trinajstić information content (AvgIpc) is 2.73. The van der Waals surface area contributed by atoms with Crippen molar-refractivity contribution in [2.75, 3.05) is 0 Å². The van der Waals surface area contributed by atoms with Crippen molar-refractivity contribution in [3.63, 3.8) is 0 Å². The highest BCUT2D eigenvalue weighted by Gasteiger charge is 2.13. The normalized spacial score (nSPS) is 13.1. The second kappa shape index (κ2) is 4.14. The predicted octanol–water partition coefficient (Wildman–Crippen LogP) is 3.93. The summed E-state index contributed by atoms with van der Waals surface area (Å²) >= 11 is 6.92. The van der Waals surface area contributed by atoms with E-state index in [1.54, 1.807) is 22.7 Å². The zero-order valence-corrected chi connectivity index (χ0v) is 10.9. The Kier molecular flexibility index (Phi) is 3.07. The van der Waals surface area contributed by atoms with Crippen LogP contribution in [0.2, 0.25) is 0 Å². The minimum absolute atomic E-state index is 0.000532. The third-order valence-electron chi connectivity index (χ3n) is 2.09. The van der Waals surface area contributed by atoms with E-state index in [0.717, 1.165) is 4.47 Å². The number of thiophene rings is 2. The van der Waals surface area contributed by atoms with Crippen LogP contribution in [0.15, 0.2) is 26.7 Å². The molecule has 1 unspecified atom stereocenters. The summed E-state index contributed by atoms with van der Waals surface area (Å²) in [5.74, 6) is 0. The van der Waals surface area contributed by atoms with E-state index in [4.69, 9.17) is 5.73 Å². The summed E-state index contributed by atoms with van der Waals surface area (Å²) in [4.78, 5) is 1.31. The molecule has 0 bridgehead atoms. The van der Waals surface area contributed by atoms with Gasteiger partial charge >= 0.3 is 0 Å². The van der Waals surface area contributed by atoms with Gasteiger partial charge in [-0.05, 0) is 50.8 Å². The Morgan fingerprint density at radius 2 is 2.14 bits per heavy atom. The fourth-order valence-electron chi connectivity index (χ4n) is 1.32. The van der Waals surface area contributed by atoms with E-state index in [2.05, 4.69) is 45.1 Å². The minimum atomic E-state index is 0.000532. The van der Waals surface area contributed by atoms with Gasteiger partial charge in [-0.1, -0.05) is 0 Å². The Morgan fingerprint density at radius 3 is 2.64 bits per heavy atom. The molecule has 1 nitrogen and oxygen atoms in total. The number of rotatable bonds is 2. The summed E-state index contributed by atoms with van der Waals surface area (Å²) < 4.78 is 1.11. The first-order valence-electron chi connectivity index (χ1n) is 4.20. The van der Waals surface area contributed by atoms with Crippen molar-refractivity contribution in [2.45, 2.75) is 13.0 Å². The molecule has 0 aromatic carbocycles. The van der Waals surface area contributed by atoms with Gasteiger partial charge in [0.2, 0.25) is 0 Å². The van der Waals surface area contributed by atoms with Crippen molar-refractivity contribution >= 4 is 38.6 Å². The third-order valence-corrected chi connectivity index (χ3v) is 4.72. The van der Waals surface area contributed by atoms with Gasteiger partial charge in [0.15, 0.2) is 0 Å². The van der Waals surface area contributed by atoms with Crippen LogP contribution in [-0.2, 0) is 0 Å². The van der Waals surface area contributed by atoms with Crippen molar-refractivity contribution < 1.29 is 0 Å². The molecule has 4 heteroatoms. The standard InChI is InChI=1S/C10H10BrNS2/c1-6-2-7(3-14-6)10(12)8-4-13-5-9(8)11/h2-5,10H,12H2,1H3. The van der Waals surface area contributed by atoms with Gasteiger partial charge in [0.25, 0.3) is 0 Å². The van der Waals surface area contributed by atoms with Gasteiger partial charge < -0.3 is 5.73 Å². The highest BCUT2D eigenvalue weighted by Crippen LogP contribution is 2.31. The maximum Gasteiger partial charge on any atom is 0.0579 e. The zero-order chi connectivity index (χ0) is 10.1.